The maximum Gasteiger partial charge on any atom is 0.142 e. The average Bonchev–Trinajstić information content (AvgIpc) is 2.37. The molecule has 0 spiro atoms. The van der Waals surface area contributed by atoms with Crippen LogP contribution in [-0.2, 0) is 13.2 Å². The predicted octanol–water partition coefficient (Wildman–Crippen LogP) is 2.77. The summed E-state index contributed by atoms with van der Waals surface area (Å²) in [7, 11) is 0. The highest BCUT2D eigenvalue weighted by atomic mass is 35.5. The summed E-state index contributed by atoms with van der Waals surface area (Å²) in [6.45, 7) is 0.824. The van der Waals surface area contributed by atoms with Gasteiger partial charge in [-0.25, -0.2) is 0 Å². The summed E-state index contributed by atoms with van der Waals surface area (Å²) in [5, 5.41) is 0.705. The lowest BCUT2D eigenvalue weighted by Crippen LogP contribution is -2.04. The Bertz CT molecular complexity index is 502. The Hall–Kier alpha value is -1.58. The summed E-state index contributed by atoms with van der Waals surface area (Å²) in [4.78, 5) is 4.15. The summed E-state index contributed by atoms with van der Waals surface area (Å²) < 4.78 is 5.67. The van der Waals surface area contributed by atoms with E-state index in [2.05, 4.69) is 4.98 Å². The zero-order chi connectivity index (χ0) is 12.1. The summed E-state index contributed by atoms with van der Waals surface area (Å²) in [5.41, 5.74) is 7.36. The number of hydrogen-bond acceptors (Lipinski definition) is 3. The fraction of sp³-hybridized carbons (Fsp3) is 0.154. The summed E-state index contributed by atoms with van der Waals surface area (Å²) in [5.74, 6) is 0.718. The van der Waals surface area contributed by atoms with E-state index in [9.17, 15) is 0 Å². The second-order valence-corrected chi connectivity index (χ2v) is 4.01. The Morgan fingerprint density at radius 3 is 2.88 bits per heavy atom. The van der Waals surface area contributed by atoms with E-state index in [0.717, 1.165) is 17.0 Å². The van der Waals surface area contributed by atoms with Crippen LogP contribution in [0, 0.1) is 0 Å². The zero-order valence-corrected chi connectivity index (χ0v) is 10.0. The lowest BCUT2D eigenvalue weighted by atomic mass is 10.2. The molecule has 1 aromatic heterocycles. The molecule has 4 heteroatoms. The van der Waals surface area contributed by atoms with Crippen LogP contribution in [0.5, 0.6) is 5.75 Å². The first kappa shape index (κ1) is 11.9. The summed E-state index contributed by atoms with van der Waals surface area (Å²) in [6.07, 6.45) is 1.70. The zero-order valence-electron chi connectivity index (χ0n) is 9.27. The first-order valence-electron chi connectivity index (χ1n) is 5.31. The third kappa shape index (κ3) is 3.19. The van der Waals surface area contributed by atoms with E-state index in [4.69, 9.17) is 22.1 Å². The molecule has 17 heavy (non-hydrogen) atoms. The number of rotatable bonds is 4. The second kappa shape index (κ2) is 5.66. The normalized spacial score (nSPS) is 10.2. The van der Waals surface area contributed by atoms with Crippen LogP contribution in [0.2, 0.25) is 5.02 Å². The Labute approximate surface area is 105 Å². The van der Waals surface area contributed by atoms with E-state index in [-0.39, 0.29) is 0 Å². The molecule has 2 rings (SSSR count). The Kier molecular flexibility index (Phi) is 3.96. The van der Waals surface area contributed by atoms with Gasteiger partial charge in [0.25, 0.3) is 0 Å². The Morgan fingerprint density at radius 2 is 2.12 bits per heavy atom. The maximum absolute atomic E-state index is 5.90. The van der Waals surface area contributed by atoms with Crippen molar-refractivity contribution in [2.75, 3.05) is 0 Å². The van der Waals surface area contributed by atoms with Gasteiger partial charge in [-0.15, -0.1) is 0 Å². The van der Waals surface area contributed by atoms with E-state index >= 15 is 0 Å². The van der Waals surface area contributed by atoms with Crippen molar-refractivity contribution in [3.63, 3.8) is 0 Å². The maximum atomic E-state index is 5.90. The Morgan fingerprint density at radius 1 is 1.24 bits per heavy atom. The molecule has 0 aliphatic carbocycles. The standard InChI is InChI=1S/C13H13ClN2O/c14-11-4-1-3-10(7-11)9-17-13-5-2-6-16-12(13)8-15/h1-7H,8-9,15H2. The molecule has 0 amide bonds. The number of nitrogens with two attached hydrogens (primary N) is 1. The topological polar surface area (TPSA) is 48.1 Å². The van der Waals surface area contributed by atoms with Crippen LogP contribution in [0.25, 0.3) is 0 Å². The quantitative estimate of drug-likeness (QED) is 0.905. The van der Waals surface area contributed by atoms with Gasteiger partial charge in [-0.05, 0) is 29.8 Å². The van der Waals surface area contributed by atoms with Crippen LogP contribution in [0.3, 0.4) is 0 Å². The number of hydrogen-bond donors (Lipinski definition) is 1. The molecule has 0 radical (unpaired) electrons. The van der Waals surface area contributed by atoms with E-state index in [1.807, 2.05) is 36.4 Å². The van der Waals surface area contributed by atoms with E-state index in [1.165, 1.54) is 0 Å². The molecule has 1 heterocycles. The van der Waals surface area contributed by atoms with Crippen LogP contribution < -0.4 is 10.5 Å². The van der Waals surface area contributed by atoms with Crippen LogP contribution in [-0.4, -0.2) is 4.98 Å². The van der Waals surface area contributed by atoms with Gasteiger partial charge >= 0.3 is 0 Å². The minimum Gasteiger partial charge on any atom is -0.487 e. The van der Waals surface area contributed by atoms with Crippen LogP contribution in [0.1, 0.15) is 11.3 Å². The third-order valence-electron chi connectivity index (χ3n) is 2.33. The van der Waals surface area contributed by atoms with Crippen molar-refractivity contribution >= 4 is 11.6 Å². The van der Waals surface area contributed by atoms with Crippen molar-refractivity contribution in [1.82, 2.24) is 4.98 Å². The minimum absolute atomic E-state index is 0.367. The SMILES string of the molecule is NCc1ncccc1OCc1cccc(Cl)c1. The Balaban J connectivity index is 2.07. The first-order valence-corrected chi connectivity index (χ1v) is 5.68. The highest BCUT2D eigenvalue weighted by Gasteiger charge is 2.02. The molecule has 0 bridgehead atoms. The molecule has 0 saturated carbocycles. The van der Waals surface area contributed by atoms with Crippen molar-refractivity contribution in [3.8, 4) is 5.75 Å². The lowest BCUT2D eigenvalue weighted by Gasteiger charge is -2.09. The molecule has 0 unspecified atom stereocenters. The fourth-order valence-electron chi connectivity index (χ4n) is 1.50. The molecule has 2 aromatic rings. The fourth-order valence-corrected chi connectivity index (χ4v) is 1.71. The first-order chi connectivity index (χ1) is 8.29. The van der Waals surface area contributed by atoms with Gasteiger partial charge in [0.1, 0.15) is 12.4 Å². The summed E-state index contributed by atoms with van der Waals surface area (Å²) >= 11 is 5.90. The minimum atomic E-state index is 0.367. The molecule has 2 N–H and O–H groups in total. The van der Waals surface area contributed by atoms with Crippen LogP contribution in [0.15, 0.2) is 42.6 Å². The number of nitrogens with zero attached hydrogens (tertiary/aromatic N) is 1. The smallest absolute Gasteiger partial charge is 0.142 e. The van der Waals surface area contributed by atoms with Gasteiger partial charge in [0, 0.05) is 17.8 Å². The van der Waals surface area contributed by atoms with E-state index in [1.54, 1.807) is 6.20 Å². The molecule has 88 valence electrons. The number of aromatic nitrogens is 1. The number of benzene rings is 1. The monoisotopic (exact) mass is 248 g/mol. The third-order valence-corrected chi connectivity index (χ3v) is 2.56. The van der Waals surface area contributed by atoms with Crippen molar-refractivity contribution in [2.24, 2.45) is 5.73 Å². The van der Waals surface area contributed by atoms with Gasteiger partial charge in [-0.2, -0.15) is 0 Å². The molecule has 0 aliphatic heterocycles. The van der Waals surface area contributed by atoms with Crippen molar-refractivity contribution in [3.05, 3.63) is 58.9 Å². The van der Waals surface area contributed by atoms with Gasteiger partial charge in [0.05, 0.1) is 5.69 Å². The highest BCUT2D eigenvalue weighted by Crippen LogP contribution is 2.17. The molecule has 3 nitrogen and oxygen atoms in total. The molecular formula is C13H13ClN2O. The predicted molar refractivity (Wildman–Crippen MR) is 67.9 cm³/mol. The molecule has 0 atom stereocenters. The van der Waals surface area contributed by atoms with Crippen molar-refractivity contribution in [1.29, 1.82) is 0 Å². The van der Waals surface area contributed by atoms with E-state index in [0.29, 0.717) is 18.2 Å². The number of pyridine rings is 1. The summed E-state index contributed by atoms with van der Waals surface area (Å²) in [6, 6.07) is 11.3. The molecule has 0 aliphatic rings. The molecular weight excluding hydrogens is 236 g/mol. The van der Waals surface area contributed by atoms with E-state index < -0.39 is 0 Å². The lowest BCUT2D eigenvalue weighted by molar-refractivity contribution is 0.301. The van der Waals surface area contributed by atoms with Gasteiger partial charge in [-0.1, -0.05) is 23.7 Å². The van der Waals surface area contributed by atoms with Crippen LogP contribution >= 0.6 is 11.6 Å². The van der Waals surface area contributed by atoms with Gasteiger partial charge in [0.15, 0.2) is 0 Å². The molecule has 1 aromatic carbocycles. The van der Waals surface area contributed by atoms with Crippen molar-refractivity contribution in [2.45, 2.75) is 13.2 Å². The highest BCUT2D eigenvalue weighted by molar-refractivity contribution is 6.30. The molecule has 0 fully saturated rings. The number of halogens is 1. The van der Waals surface area contributed by atoms with Gasteiger partial charge < -0.3 is 10.5 Å². The van der Waals surface area contributed by atoms with Crippen molar-refractivity contribution < 1.29 is 4.74 Å². The second-order valence-electron chi connectivity index (χ2n) is 3.57. The van der Waals surface area contributed by atoms with Gasteiger partial charge in [-0.3, -0.25) is 4.98 Å². The average molecular weight is 249 g/mol. The molecule has 0 saturated heterocycles. The van der Waals surface area contributed by atoms with Gasteiger partial charge in [0.2, 0.25) is 0 Å². The van der Waals surface area contributed by atoms with Crippen LogP contribution in [0.4, 0.5) is 0 Å². The number of ether oxygens (including phenoxy) is 1. The largest absolute Gasteiger partial charge is 0.487 e.